The molecule has 18 heavy (non-hydrogen) atoms. The Kier molecular flexibility index (Phi) is 4.35. The molecule has 1 N–H and O–H groups in total. The van der Waals surface area contributed by atoms with Gasteiger partial charge in [0.05, 0.1) is 4.90 Å². The third-order valence-electron chi connectivity index (χ3n) is 2.51. The van der Waals surface area contributed by atoms with E-state index in [0.717, 1.165) is 16.7 Å². The number of hydrogen-bond donors (Lipinski definition) is 1. The molecule has 0 amide bonds. The zero-order valence-corrected chi connectivity index (χ0v) is 12.1. The lowest BCUT2D eigenvalue weighted by Gasteiger charge is -2.13. The predicted molar refractivity (Wildman–Crippen MR) is 74.9 cm³/mol. The Morgan fingerprint density at radius 2 is 1.72 bits per heavy atom. The van der Waals surface area contributed by atoms with Gasteiger partial charge in [0.15, 0.2) is 0 Å². The van der Waals surface area contributed by atoms with Crippen molar-refractivity contribution in [1.29, 1.82) is 0 Å². The molecule has 0 atom stereocenters. The molecule has 0 bridgehead atoms. The Hall–Kier alpha value is -1.55. The third-order valence-corrected chi connectivity index (χ3v) is 4.22. The molecule has 0 aromatic heterocycles. The largest absolute Gasteiger partial charge is 0.280 e. The zero-order valence-electron chi connectivity index (χ0n) is 11.2. The summed E-state index contributed by atoms with van der Waals surface area (Å²) >= 11 is 0. The topological polar surface area (TPSA) is 46.2 Å². The number of nitrogens with one attached hydrogen (secondary N) is 1. The molecule has 1 aromatic rings. The molecule has 0 aliphatic heterocycles. The van der Waals surface area contributed by atoms with Crippen molar-refractivity contribution >= 4 is 10.0 Å². The van der Waals surface area contributed by atoms with Crippen LogP contribution in [0.5, 0.6) is 0 Å². The van der Waals surface area contributed by atoms with Crippen molar-refractivity contribution in [3.63, 3.8) is 0 Å². The van der Waals surface area contributed by atoms with Crippen LogP contribution >= 0.6 is 0 Å². The van der Waals surface area contributed by atoms with Crippen LogP contribution in [-0.4, -0.2) is 8.42 Å². The zero-order chi connectivity index (χ0) is 13.9. The lowest BCUT2D eigenvalue weighted by molar-refractivity contribution is 0.588. The van der Waals surface area contributed by atoms with Crippen molar-refractivity contribution in [2.24, 2.45) is 0 Å². The van der Waals surface area contributed by atoms with Gasteiger partial charge in [-0.3, -0.25) is 4.72 Å². The molecule has 0 saturated heterocycles. The fraction of sp³-hybridized carbons (Fsp3) is 0.286. The second-order valence-corrected chi connectivity index (χ2v) is 5.98. The van der Waals surface area contributed by atoms with Gasteiger partial charge in [0.2, 0.25) is 0 Å². The summed E-state index contributed by atoms with van der Waals surface area (Å²) in [5.41, 5.74) is 2.90. The van der Waals surface area contributed by atoms with Crippen molar-refractivity contribution < 1.29 is 8.42 Å². The standard InChI is InChI=1S/C14H19NO2S/c1-6-7-13(5)15-18(16,17)14-11(3)8-10(2)9-12(14)4/h6-9,15H,5H2,1-4H3/b7-6-. The van der Waals surface area contributed by atoms with Gasteiger partial charge >= 0.3 is 0 Å². The number of benzene rings is 1. The van der Waals surface area contributed by atoms with Crippen LogP contribution in [0.4, 0.5) is 0 Å². The monoisotopic (exact) mass is 265 g/mol. The summed E-state index contributed by atoms with van der Waals surface area (Å²) in [5.74, 6) is 0. The second kappa shape index (κ2) is 5.40. The highest BCUT2D eigenvalue weighted by Gasteiger charge is 2.19. The van der Waals surface area contributed by atoms with Gasteiger partial charge in [-0.2, -0.15) is 0 Å². The molecule has 3 nitrogen and oxygen atoms in total. The lowest BCUT2D eigenvalue weighted by Crippen LogP contribution is -2.23. The van der Waals surface area contributed by atoms with E-state index in [1.54, 1.807) is 26.0 Å². The van der Waals surface area contributed by atoms with E-state index in [1.165, 1.54) is 0 Å². The van der Waals surface area contributed by atoms with Gasteiger partial charge in [-0.1, -0.05) is 30.4 Å². The first kappa shape index (κ1) is 14.5. The maximum absolute atomic E-state index is 12.3. The molecule has 0 saturated carbocycles. The van der Waals surface area contributed by atoms with Crippen molar-refractivity contribution in [3.8, 4) is 0 Å². The summed E-state index contributed by atoms with van der Waals surface area (Å²) in [4.78, 5) is 0.332. The quantitative estimate of drug-likeness (QED) is 0.851. The fourth-order valence-corrected chi connectivity index (χ4v) is 3.53. The summed E-state index contributed by atoms with van der Waals surface area (Å²) < 4.78 is 27.0. The van der Waals surface area contributed by atoms with E-state index in [2.05, 4.69) is 11.3 Å². The first-order valence-corrected chi connectivity index (χ1v) is 7.18. The van der Waals surface area contributed by atoms with Gasteiger partial charge in [0.25, 0.3) is 10.0 Å². The number of sulfonamides is 1. The predicted octanol–water partition coefficient (Wildman–Crippen LogP) is 2.98. The normalized spacial score (nSPS) is 11.8. The molecule has 98 valence electrons. The van der Waals surface area contributed by atoms with Gasteiger partial charge in [0, 0.05) is 5.70 Å². The van der Waals surface area contributed by atoms with E-state index >= 15 is 0 Å². The molecule has 0 unspecified atom stereocenters. The van der Waals surface area contributed by atoms with Crippen molar-refractivity contribution in [2.75, 3.05) is 0 Å². The van der Waals surface area contributed by atoms with Crippen LogP contribution in [0.1, 0.15) is 23.6 Å². The molecule has 0 aliphatic carbocycles. The molecule has 4 heteroatoms. The Labute approximate surface area is 109 Å². The second-order valence-electron chi connectivity index (χ2n) is 4.36. The Morgan fingerprint density at radius 1 is 1.22 bits per heavy atom. The van der Waals surface area contributed by atoms with E-state index in [9.17, 15) is 8.42 Å². The Balaban J connectivity index is 3.25. The van der Waals surface area contributed by atoms with E-state index in [-0.39, 0.29) is 0 Å². The minimum absolute atomic E-state index is 0.332. The van der Waals surface area contributed by atoms with E-state index in [4.69, 9.17) is 0 Å². The molecular weight excluding hydrogens is 246 g/mol. The highest BCUT2D eigenvalue weighted by atomic mass is 32.2. The number of hydrogen-bond acceptors (Lipinski definition) is 2. The maximum atomic E-state index is 12.3. The third kappa shape index (κ3) is 3.23. The molecule has 1 rings (SSSR count). The van der Waals surface area contributed by atoms with E-state index in [0.29, 0.717) is 10.6 Å². The minimum atomic E-state index is -3.56. The van der Waals surface area contributed by atoms with E-state index < -0.39 is 10.0 Å². The van der Waals surface area contributed by atoms with Gasteiger partial charge < -0.3 is 0 Å². The summed E-state index contributed by atoms with van der Waals surface area (Å²) in [7, 11) is -3.56. The van der Waals surface area contributed by atoms with Gasteiger partial charge in [0.1, 0.15) is 0 Å². The summed E-state index contributed by atoms with van der Waals surface area (Å²) in [6, 6.07) is 3.72. The van der Waals surface area contributed by atoms with Gasteiger partial charge in [-0.05, 0) is 44.9 Å². The SMILES string of the molecule is C=C(/C=C\C)NS(=O)(=O)c1c(C)cc(C)cc1C. The highest BCUT2D eigenvalue weighted by Crippen LogP contribution is 2.22. The number of allylic oxidation sites excluding steroid dienone is 2. The molecule has 0 radical (unpaired) electrons. The van der Waals surface area contributed by atoms with Crippen molar-refractivity contribution in [1.82, 2.24) is 4.72 Å². The molecule has 0 heterocycles. The minimum Gasteiger partial charge on any atom is -0.280 e. The number of aryl methyl sites for hydroxylation is 3. The fourth-order valence-electron chi connectivity index (χ4n) is 2.05. The summed E-state index contributed by atoms with van der Waals surface area (Å²) in [6.45, 7) is 11.0. The van der Waals surface area contributed by atoms with Crippen LogP contribution in [0.25, 0.3) is 0 Å². The smallest absolute Gasteiger partial charge is 0.262 e. The molecule has 1 aromatic carbocycles. The van der Waals surface area contributed by atoms with Crippen LogP contribution in [0.2, 0.25) is 0 Å². The Morgan fingerprint density at radius 3 is 2.17 bits per heavy atom. The van der Waals surface area contributed by atoms with Crippen molar-refractivity contribution in [2.45, 2.75) is 32.6 Å². The molecular formula is C14H19NO2S. The van der Waals surface area contributed by atoms with Crippen LogP contribution in [-0.2, 0) is 10.0 Å². The average molecular weight is 265 g/mol. The van der Waals surface area contributed by atoms with Gasteiger partial charge in [-0.15, -0.1) is 0 Å². The number of rotatable bonds is 4. The van der Waals surface area contributed by atoms with Gasteiger partial charge in [-0.25, -0.2) is 8.42 Å². The first-order valence-electron chi connectivity index (χ1n) is 5.70. The average Bonchev–Trinajstić information content (AvgIpc) is 2.13. The highest BCUT2D eigenvalue weighted by molar-refractivity contribution is 7.89. The molecule has 0 spiro atoms. The first-order chi connectivity index (χ1) is 8.27. The molecule has 0 fully saturated rings. The van der Waals surface area contributed by atoms with E-state index in [1.807, 2.05) is 26.0 Å². The van der Waals surface area contributed by atoms with Crippen LogP contribution in [0.3, 0.4) is 0 Å². The van der Waals surface area contributed by atoms with Crippen LogP contribution in [0.15, 0.2) is 41.5 Å². The maximum Gasteiger partial charge on any atom is 0.262 e. The van der Waals surface area contributed by atoms with Crippen LogP contribution < -0.4 is 4.72 Å². The van der Waals surface area contributed by atoms with Crippen molar-refractivity contribution in [3.05, 3.63) is 53.3 Å². The lowest BCUT2D eigenvalue weighted by atomic mass is 10.1. The summed E-state index contributed by atoms with van der Waals surface area (Å²) in [5, 5.41) is 0. The van der Waals surface area contributed by atoms with Crippen LogP contribution in [0, 0.1) is 20.8 Å². The molecule has 0 aliphatic rings. The summed E-state index contributed by atoms with van der Waals surface area (Å²) in [6.07, 6.45) is 3.36. The Bertz CT molecular complexity index is 575.